The van der Waals surface area contributed by atoms with Crippen LogP contribution in [-0.2, 0) is 6.42 Å². The van der Waals surface area contributed by atoms with Gasteiger partial charge in [-0.15, -0.1) is 0 Å². The Morgan fingerprint density at radius 2 is 1.85 bits per heavy atom. The molecule has 3 aromatic rings. The summed E-state index contributed by atoms with van der Waals surface area (Å²) in [7, 11) is 1.64. The molecule has 0 atom stereocenters. The number of nitrogens with one attached hydrogen (secondary N) is 1. The molecule has 7 heteroatoms. The maximum absolute atomic E-state index is 13.1. The van der Waals surface area contributed by atoms with E-state index in [1.165, 1.54) is 18.0 Å². The summed E-state index contributed by atoms with van der Waals surface area (Å²) >= 11 is 0. The van der Waals surface area contributed by atoms with Crippen molar-refractivity contribution in [3.63, 3.8) is 0 Å². The fourth-order valence-corrected chi connectivity index (χ4v) is 4.07. The van der Waals surface area contributed by atoms with Gasteiger partial charge in [0.2, 0.25) is 5.95 Å². The molecule has 0 amide bonds. The second-order valence-electron chi connectivity index (χ2n) is 8.78. The van der Waals surface area contributed by atoms with E-state index in [0.29, 0.717) is 28.7 Å². The summed E-state index contributed by atoms with van der Waals surface area (Å²) in [6.07, 6.45) is 11.7. The number of methoxy groups -OCH3 is 1. The first-order valence-corrected chi connectivity index (χ1v) is 11.4. The number of carbonyl (C=O) groups excluding carboxylic acids is 1. The SMILES string of the molecule is COc1cc(CC(C)C)ccc1Nc1ncc(C(=O)c2ccncc2OC2CCCC2)cn1. The lowest BCUT2D eigenvalue weighted by Crippen LogP contribution is -2.14. The van der Waals surface area contributed by atoms with Crippen LogP contribution in [0.5, 0.6) is 11.5 Å². The van der Waals surface area contributed by atoms with Crippen LogP contribution in [0.4, 0.5) is 11.6 Å². The summed E-state index contributed by atoms with van der Waals surface area (Å²) in [5, 5.41) is 3.18. The van der Waals surface area contributed by atoms with E-state index in [9.17, 15) is 4.79 Å². The highest BCUT2D eigenvalue weighted by atomic mass is 16.5. The standard InChI is InChI=1S/C26H30N4O3/c1-17(2)12-18-8-9-22(23(13-18)32-3)30-26-28-14-19(15-29-26)25(31)21-10-11-27-16-24(21)33-20-6-4-5-7-20/h8-11,13-17,20H,4-7,12H2,1-3H3,(H,28,29,30). The number of ketones is 1. The number of aromatic nitrogens is 3. The Labute approximate surface area is 194 Å². The molecule has 0 saturated heterocycles. The second kappa shape index (κ2) is 10.4. The number of hydrogen-bond acceptors (Lipinski definition) is 7. The molecule has 1 aromatic carbocycles. The van der Waals surface area contributed by atoms with E-state index in [1.54, 1.807) is 25.6 Å². The first kappa shape index (κ1) is 22.7. The van der Waals surface area contributed by atoms with Gasteiger partial charge >= 0.3 is 0 Å². The van der Waals surface area contributed by atoms with Crippen molar-refractivity contribution in [3.05, 3.63) is 65.7 Å². The van der Waals surface area contributed by atoms with Gasteiger partial charge in [-0.25, -0.2) is 9.97 Å². The third kappa shape index (κ3) is 5.66. The number of rotatable bonds is 9. The van der Waals surface area contributed by atoms with E-state index in [0.717, 1.165) is 43.5 Å². The highest BCUT2D eigenvalue weighted by molar-refractivity contribution is 6.10. The van der Waals surface area contributed by atoms with Crippen LogP contribution in [-0.4, -0.2) is 33.9 Å². The summed E-state index contributed by atoms with van der Waals surface area (Å²) < 4.78 is 11.6. The molecule has 2 aromatic heterocycles. The Kier molecular flexibility index (Phi) is 7.17. The van der Waals surface area contributed by atoms with Gasteiger partial charge in [0, 0.05) is 18.6 Å². The first-order valence-electron chi connectivity index (χ1n) is 11.4. The smallest absolute Gasteiger partial charge is 0.227 e. The molecular weight excluding hydrogens is 416 g/mol. The zero-order valence-electron chi connectivity index (χ0n) is 19.4. The van der Waals surface area contributed by atoms with Crippen LogP contribution >= 0.6 is 0 Å². The Bertz CT molecular complexity index is 1090. The third-order valence-electron chi connectivity index (χ3n) is 5.70. The number of pyridine rings is 1. The Hall–Kier alpha value is -3.48. The number of nitrogens with zero attached hydrogens (tertiary/aromatic N) is 3. The molecule has 2 heterocycles. The van der Waals surface area contributed by atoms with Crippen molar-refractivity contribution in [2.24, 2.45) is 5.92 Å². The number of hydrogen-bond donors (Lipinski definition) is 1. The number of benzene rings is 1. The Morgan fingerprint density at radius 1 is 1.09 bits per heavy atom. The Morgan fingerprint density at radius 3 is 2.55 bits per heavy atom. The van der Waals surface area contributed by atoms with Gasteiger partial charge in [0.05, 0.1) is 36.2 Å². The van der Waals surface area contributed by atoms with Gasteiger partial charge < -0.3 is 14.8 Å². The number of anilines is 2. The lowest BCUT2D eigenvalue weighted by molar-refractivity contribution is 0.103. The van der Waals surface area contributed by atoms with Gasteiger partial charge in [0.15, 0.2) is 5.78 Å². The summed E-state index contributed by atoms with van der Waals surface area (Å²) in [4.78, 5) is 25.9. The van der Waals surface area contributed by atoms with E-state index in [4.69, 9.17) is 9.47 Å². The van der Waals surface area contributed by atoms with Gasteiger partial charge in [-0.2, -0.15) is 0 Å². The maximum Gasteiger partial charge on any atom is 0.227 e. The normalized spacial score (nSPS) is 13.8. The lowest BCUT2D eigenvalue weighted by Gasteiger charge is -2.15. The van der Waals surface area contributed by atoms with Gasteiger partial charge in [0.1, 0.15) is 11.5 Å². The second-order valence-corrected chi connectivity index (χ2v) is 8.78. The summed E-state index contributed by atoms with van der Waals surface area (Å²) in [6, 6.07) is 7.73. The van der Waals surface area contributed by atoms with E-state index < -0.39 is 0 Å². The van der Waals surface area contributed by atoms with E-state index in [1.807, 2.05) is 12.1 Å². The molecular formula is C26H30N4O3. The molecule has 1 N–H and O–H groups in total. The highest BCUT2D eigenvalue weighted by Crippen LogP contribution is 2.29. The fourth-order valence-electron chi connectivity index (χ4n) is 4.07. The van der Waals surface area contributed by atoms with Gasteiger partial charge in [-0.3, -0.25) is 9.78 Å². The minimum absolute atomic E-state index is 0.144. The van der Waals surface area contributed by atoms with Crippen LogP contribution in [0.25, 0.3) is 0 Å². The summed E-state index contributed by atoms with van der Waals surface area (Å²) in [5.74, 6) is 2.00. The molecule has 0 aliphatic heterocycles. The fraction of sp³-hybridized carbons (Fsp3) is 0.385. The molecule has 1 fully saturated rings. The summed E-state index contributed by atoms with van der Waals surface area (Å²) in [5.41, 5.74) is 2.85. The zero-order chi connectivity index (χ0) is 23.2. The maximum atomic E-state index is 13.1. The molecule has 172 valence electrons. The third-order valence-corrected chi connectivity index (χ3v) is 5.70. The van der Waals surface area contributed by atoms with Crippen molar-refractivity contribution in [1.29, 1.82) is 0 Å². The molecule has 1 aliphatic rings. The van der Waals surface area contributed by atoms with E-state index >= 15 is 0 Å². The number of ether oxygens (including phenoxy) is 2. The highest BCUT2D eigenvalue weighted by Gasteiger charge is 2.21. The van der Waals surface area contributed by atoms with Gasteiger partial charge in [-0.1, -0.05) is 19.9 Å². The monoisotopic (exact) mass is 446 g/mol. The van der Waals surface area contributed by atoms with Crippen molar-refractivity contribution in [3.8, 4) is 11.5 Å². The van der Waals surface area contributed by atoms with Gasteiger partial charge in [0.25, 0.3) is 0 Å². The van der Waals surface area contributed by atoms with Gasteiger partial charge in [-0.05, 0) is 61.8 Å². The minimum atomic E-state index is -0.187. The van der Waals surface area contributed by atoms with Crippen molar-refractivity contribution in [2.75, 3.05) is 12.4 Å². The first-order chi connectivity index (χ1) is 16.0. The molecule has 4 rings (SSSR count). The molecule has 0 spiro atoms. The van der Waals surface area contributed by atoms with Crippen LogP contribution in [0.2, 0.25) is 0 Å². The van der Waals surface area contributed by atoms with Crippen LogP contribution in [0, 0.1) is 5.92 Å². The quantitative estimate of drug-likeness (QED) is 0.442. The molecule has 7 nitrogen and oxygen atoms in total. The molecule has 0 radical (unpaired) electrons. The van der Waals surface area contributed by atoms with Crippen molar-refractivity contribution >= 4 is 17.4 Å². The van der Waals surface area contributed by atoms with Crippen LogP contribution in [0.1, 0.15) is 61.0 Å². The largest absolute Gasteiger partial charge is 0.495 e. The van der Waals surface area contributed by atoms with Crippen LogP contribution < -0.4 is 14.8 Å². The van der Waals surface area contributed by atoms with Crippen molar-refractivity contribution in [2.45, 2.75) is 52.1 Å². The van der Waals surface area contributed by atoms with Crippen LogP contribution in [0.15, 0.2) is 49.1 Å². The summed E-state index contributed by atoms with van der Waals surface area (Å²) in [6.45, 7) is 4.37. The topological polar surface area (TPSA) is 86.2 Å². The molecule has 1 aliphatic carbocycles. The van der Waals surface area contributed by atoms with E-state index in [2.05, 4.69) is 40.2 Å². The lowest BCUT2D eigenvalue weighted by atomic mass is 10.0. The minimum Gasteiger partial charge on any atom is -0.495 e. The molecule has 0 bridgehead atoms. The van der Waals surface area contributed by atoms with Crippen molar-refractivity contribution < 1.29 is 14.3 Å². The zero-order valence-corrected chi connectivity index (χ0v) is 19.4. The predicted molar refractivity (Wildman–Crippen MR) is 127 cm³/mol. The average Bonchev–Trinajstić information content (AvgIpc) is 3.33. The predicted octanol–water partition coefficient (Wildman–Crippen LogP) is 5.37. The molecule has 33 heavy (non-hydrogen) atoms. The molecule has 1 saturated carbocycles. The molecule has 0 unspecified atom stereocenters. The Balaban J connectivity index is 1.48. The van der Waals surface area contributed by atoms with Crippen molar-refractivity contribution in [1.82, 2.24) is 15.0 Å². The van der Waals surface area contributed by atoms with E-state index in [-0.39, 0.29) is 11.9 Å². The number of carbonyl (C=O) groups is 1. The van der Waals surface area contributed by atoms with Crippen LogP contribution in [0.3, 0.4) is 0 Å². The average molecular weight is 447 g/mol.